The number of hydrogen-bond donors (Lipinski definition) is 0. The van der Waals surface area contributed by atoms with E-state index >= 15 is 0 Å². The summed E-state index contributed by atoms with van der Waals surface area (Å²) < 4.78 is 59.0. The largest absolute Gasteiger partial charge is 0.299 e. The van der Waals surface area contributed by atoms with E-state index in [9.17, 15) is 21.6 Å². The first-order chi connectivity index (χ1) is 22.9. The van der Waals surface area contributed by atoms with Crippen LogP contribution in [0, 0.1) is 32.6 Å². The SMILES string of the molecule is Cc1ccc([C@@H]2CC(=O)[C@@H]3CC(S(=O)(=O)c4ccc(C)cc4)[C@H](c4cccc5ccccc45)C[C@@H]3C2S(=O)(=O)c2ccc(C)cc2)cc1. The highest BCUT2D eigenvalue weighted by atomic mass is 32.2. The molecule has 0 saturated heterocycles. The van der Waals surface area contributed by atoms with Crippen molar-refractivity contribution in [1.29, 1.82) is 0 Å². The second-order valence-electron chi connectivity index (χ2n) is 13.8. The van der Waals surface area contributed by atoms with Crippen LogP contribution in [0.25, 0.3) is 10.8 Å². The average molecular weight is 677 g/mol. The number of rotatable bonds is 6. The van der Waals surface area contributed by atoms with Gasteiger partial charge in [0.25, 0.3) is 0 Å². The number of fused-ring (bicyclic) bond motifs is 2. The van der Waals surface area contributed by atoms with Crippen molar-refractivity contribution in [2.24, 2.45) is 11.8 Å². The molecule has 6 atom stereocenters. The van der Waals surface area contributed by atoms with E-state index in [0.29, 0.717) is 0 Å². The summed E-state index contributed by atoms with van der Waals surface area (Å²) in [4.78, 5) is 14.7. The van der Waals surface area contributed by atoms with Crippen LogP contribution in [-0.2, 0) is 24.5 Å². The third-order valence-electron chi connectivity index (χ3n) is 10.8. The van der Waals surface area contributed by atoms with Crippen molar-refractivity contribution in [3.8, 4) is 0 Å². The molecule has 48 heavy (non-hydrogen) atoms. The molecule has 0 N–H and O–H groups in total. The molecule has 2 aliphatic rings. The molecule has 0 amide bonds. The van der Waals surface area contributed by atoms with Crippen molar-refractivity contribution in [1.82, 2.24) is 0 Å². The Labute approximate surface area is 283 Å². The maximum Gasteiger partial charge on any atom is 0.182 e. The van der Waals surface area contributed by atoms with Gasteiger partial charge in [0.15, 0.2) is 19.7 Å². The van der Waals surface area contributed by atoms with E-state index in [1.807, 2.05) is 99.6 Å². The van der Waals surface area contributed by atoms with Crippen LogP contribution in [0.3, 0.4) is 0 Å². The number of ketones is 1. The molecule has 0 radical (unpaired) electrons. The Hall–Kier alpha value is -4.07. The van der Waals surface area contributed by atoms with Gasteiger partial charge in [0.1, 0.15) is 5.78 Å². The van der Waals surface area contributed by atoms with E-state index in [2.05, 4.69) is 0 Å². The van der Waals surface area contributed by atoms with Crippen molar-refractivity contribution in [3.63, 3.8) is 0 Å². The van der Waals surface area contributed by atoms with Crippen molar-refractivity contribution < 1.29 is 21.6 Å². The smallest absolute Gasteiger partial charge is 0.182 e. The second kappa shape index (κ2) is 12.4. The Balaban J connectivity index is 1.42. The maximum absolute atomic E-state index is 14.9. The third-order valence-corrected chi connectivity index (χ3v) is 15.4. The Morgan fingerprint density at radius 2 is 1.08 bits per heavy atom. The molecule has 0 bridgehead atoms. The topological polar surface area (TPSA) is 85.3 Å². The van der Waals surface area contributed by atoms with Crippen molar-refractivity contribution >= 4 is 36.2 Å². The maximum atomic E-state index is 14.9. The van der Waals surface area contributed by atoms with Crippen LogP contribution in [0.1, 0.15) is 58.9 Å². The van der Waals surface area contributed by atoms with Gasteiger partial charge in [-0.2, -0.15) is 0 Å². The highest BCUT2D eigenvalue weighted by molar-refractivity contribution is 7.92. The van der Waals surface area contributed by atoms with E-state index in [0.717, 1.165) is 38.6 Å². The monoisotopic (exact) mass is 676 g/mol. The van der Waals surface area contributed by atoms with Crippen molar-refractivity contribution in [2.45, 2.75) is 72.2 Å². The number of carbonyl (C=O) groups excluding carboxylic acids is 1. The first-order valence-electron chi connectivity index (χ1n) is 16.6. The zero-order valence-electron chi connectivity index (χ0n) is 27.4. The number of aryl methyl sites for hydroxylation is 3. The predicted molar refractivity (Wildman–Crippen MR) is 191 cm³/mol. The van der Waals surface area contributed by atoms with Crippen LogP contribution in [0.2, 0.25) is 0 Å². The minimum atomic E-state index is -3.94. The lowest BCUT2D eigenvalue weighted by Crippen LogP contribution is -2.53. The molecule has 2 saturated carbocycles. The molecule has 0 aliphatic heterocycles. The van der Waals surface area contributed by atoms with E-state index in [1.54, 1.807) is 36.4 Å². The molecular weight excluding hydrogens is 637 g/mol. The van der Waals surface area contributed by atoms with Crippen molar-refractivity contribution in [2.75, 3.05) is 0 Å². The fourth-order valence-corrected chi connectivity index (χ4v) is 12.6. The van der Waals surface area contributed by atoms with Crippen LogP contribution in [-0.4, -0.2) is 33.1 Å². The van der Waals surface area contributed by atoms with Gasteiger partial charge in [0.2, 0.25) is 0 Å². The van der Waals surface area contributed by atoms with Crippen LogP contribution >= 0.6 is 0 Å². The van der Waals surface area contributed by atoms with Crippen LogP contribution in [0.5, 0.6) is 0 Å². The summed E-state index contributed by atoms with van der Waals surface area (Å²) in [6.07, 6.45) is 0.392. The highest BCUT2D eigenvalue weighted by Crippen LogP contribution is 2.54. The van der Waals surface area contributed by atoms with Gasteiger partial charge in [0.05, 0.1) is 20.3 Å². The van der Waals surface area contributed by atoms with E-state index in [1.165, 1.54) is 0 Å². The van der Waals surface area contributed by atoms with Gasteiger partial charge >= 0.3 is 0 Å². The molecule has 246 valence electrons. The minimum Gasteiger partial charge on any atom is -0.299 e. The number of sulfone groups is 2. The van der Waals surface area contributed by atoms with Crippen LogP contribution in [0.15, 0.2) is 125 Å². The Morgan fingerprint density at radius 1 is 0.542 bits per heavy atom. The quantitative estimate of drug-likeness (QED) is 0.181. The predicted octanol–water partition coefficient (Wildman–Crippen LogP) is 8.32. The van der Waals surface area contributed by atoms with Gasteiger partial charge in [-0.3, -0.25) is 4.79 Å². The summed E-state index contributed by atoms with van der Waals surface area (Å²) in [5.41, 5.74) is 4.66. The molecule has 7 rings (SSSR count). The molecule has 2 fully saturated rings. The second-order valence-corrected chi connectivity index (χ2v) is 18.1. The van der Waals surface area contributed by atoms with Crippen LogP contribution < -0.4 is 0 Å². The molecule has 7 heteroatoms. The first kappa shape index (κ1) is 32.5. The van der Waals surface area contributed by atoms with E-state index < -0.39 is 53.8 Å². The summed E-state index contributed by atoms with van der Waals surface area (Å²) in [5, 5.41) is 0.147. The van der Waals surface area contributed by atoms with Gasteiger partial charge in [-0.15, -0.1) is 0 Å². The lowest BCUT2D eigenvalue weighted by molar-refractivity contribution is -0.128. The summed E-state index contributed by atoms with van der Waals surface area (Å²) in [6.45, 7) is 5.82. The molecule has 5 nitrogen and oxygen atoms in total. The molecule has 0 heterocycles. The van der Waals surface area contributed by atoms with Gasteiger partial charge < -0.3 is 0 Å². The van der Waals surface area contributed by atoms with Gasteiger partial charge in [-0.1, -0.05) is 108 Å². The molecular formula is C41H40O5S2. The Bertz CT molecular complexity index is 2200. The molecule has 2 unspecified atom stereocenters. The fourth-order valence-electron chi connectivity index (χ4n) is 8.31. The number of Topliss-reactive ketones (excluding diaryl/α,β-unsaturated/α-hetero) is 1. The molecule has 0 spiro atoms. The Morgan fingerprint density at radius 3 is 1.71 bits per heavy atom. The summed E-state index contributed by atoms with van der Waals surface area (Å²) >= 11 is 0. The number of benzene rings is 5. The zero-order chi connectivity index (χ0) is 33.8. The Kier molecular flexibility index (Phi) is 8.41. The molecule has 2 aliphatic carbocycles. The number of carbonyl (C=O) groups is 1. The lowest BCUT2D eigenvalue weighted by atomic mass is 9.61. The van der Waals surface area contributed by atoms with Crippen LogP contribution in [0.4, 0.5) is 0 Å². The summed E-state index contributed by atoms with van der Waals surface area (Å²) in [7, 11) is -7.84. The minimum absolute atomic E-state index is 0.0518. The third kappa shape index (κ3) is 5.71. The van der Waals surface area contributed by atoms with Gasteiger partial charge in [-0.05, 0) is 85.7 Å². The summed E-state index contributed by atoms with van der Waals surface area (Å²) in [5.74, 6) is -2.40. The van der Waals surface area contributed by atoms with E-state index in [-0.39, 0.29) is 34.8 Å². The molecule has 5 aromatic carbocycles. The fraction of sp³-hybridized carbons (Fsp3) is 0.293. The molecule has 0 aromatic heterocycles. The average Bonchev–Trinajstić information content (AvgIpc) is 3.08. The first-order valence-corrected chi connectivity index (χ1v) is 19.7. The standard InChI is InChI=1S/C41H40O5S2/c1-26-11-17-30(18-12-26)35-24-39(42)36-25-40(47(43,44)31-19-13-27(2)14-20-31)37(34-10-6-8-29-7-4-5-9-33(29)34)23-38(36)41(35)48(45,46)32-21-15-28(3)16-22-32/h4-22,35-38,40-41H,23-25H2,1-3H3/t35-,36+,37-,38-,40?,41?/m0/s1. The molecule has 5 aromatic rings. The highest BCUT2D eigenvalue weighted by Gasteiger charge is 2.56. The van der Waals surface area contributed by atoms with Gasteiger partial charge in [-0.25, -0.2) is 16.8 Å². The van der Waals surface area contributed by atoms with Crippen molar-refractivity contribution in [3.05, 3.63) is 143 Å². The normalized spacial score (nSPS) is 24.7. The van der Waals surface area contributed by atoms with Gasteiger partial charge in [0, 0.05) is 24.2 Å². The summed E-state index contributed by atoms with van der Waals surface area (Å²) in [6, 6.07) is 35.5. The zero-order valence-corrected chi connectivity index (χ0v) is 29.0. The van der Waals surface area contributed by atoms with E-state index in [4.69, 9.17) is 0 Å². The lowest BCUT2D eigenvalue weighted by Gasteiger charge is -2.48. The number of hydrogen-bond acceptors (Lipinski definition) is 5.